The molecule has 0 spiro atoms. The fourth-order valence-electron chi connectivity index (χ4n) is 9.36. The van der Waals surface area contributed by atoms with Gasteiger partial charge in [0.2, 0.25) is 5.79 Å². The Kier molecular flexibility index (Phi) is 23.4. The van der Waals surface area contributed by atoms with E-state index in [0.717, 1.165) is 42.6 Å². The standard InChI is InChI=1S/C49H78INO12/c1-30(17-21-38-22-19-35(6)49(60,63-38)46(56)47(57)51-25-13-12-16-39(51)48(58)59)14-10-9-11-15-37(50)28-34(5)44(55)45(62-8)43(54)33(4)27-32(3)40(52)23-18-31(2)26-36-20-24-41(53)42(29-36)61-7/h9-11,14-15,27,31-32,34-39,41-45,53-55,60H,12-13,16-26,28-29H2,1-8H3,(H,58,59)/b10-9+,15-11+,30-14+,33-27+/t31?,32-,34?,35?,36?,37?,38-,39?,41-,42?,43?,44?,45?,49?/m1/s1. The van der Waals surface area contributed by atoms with Gasteiger partial charge in [0.25, 0.3) is 11.7 Å². The molecule has 0 aromatic rings. The van der Waals surface area contributed by atoms with Gasteiger partial charge in [-0.2, -0.15) is 0 Å². The molecule has 1 amide bonds. The topological polar surface area (TPSA) is 200 Å². The van der Waals surface area contributed by atoms with Gasteiger partial charge in [-0.15, -0.1) is 0 Å². The summed E-state index contributed by atoms with van der Waals surface area (Å²) in [5, 5.41) is 53.6. The number of nitrogens with zero attached hydrogens (tertiary/aromatic N) is 1. The van der Waals surface area contributed by atoms with Gasteiger partial charge in [-0.3, -0.25) is 14.4 Å². The van der Waals surface area contributed by atoms with Crippen LogP contribution >= 0.6 is 22.6 Å². The summed E-state index contributed by atoms with van der Waals surface area (Å²) >= 11 is 2.32. The van der Waals surface area contributed by atoms with Crippen LogP contribution in [0.5, 0.6) is 0 Å². The Labute approximate surface area is 389 Å². The van der Waals surface area contributed by atoms with Crippen LogP contribution in [0.3, 0.4) is 0 Å². The van der Waals surface area contributed by atoms with E-state index in [-0.39, 0.29) is 40.6 Å². The Morgan fingerprint density at radius 3 is 2.35 bits per heavy atom. The van der Waals surface area contributed by atoms with Crippen LogP contribution in [0.15, 0.2) is 47.6 Å². The van der Waals surface area contributed by atoms with Crippen molar-refractivity contribution in [3.05, 3.63) is 47.6 Å². The number of rotatable bonds is 24. The zero-order valence-electron chi connectivity index (χ0n) is 39.0. The molecule has 14 heteroatoms. The van der Waals surface area contributed by atoms with Crippen molar-refractivity contribution < 1.29 is 58.9 Å². The van der Waals surface area contributed by atoms with Crippen molar-refractivity contribution in [3.63, 3.8) is 0 Å². The number of methoxy groups -OCH3 is 2. The van der Waals surface area contributed by atoms with Gasteiger partial charge in [0, 0.05) is 42.9 Å². The van der Waals surface area contributed by atoms with E-state index < -0.39 is 65.9 Å². The van der Waals surface area contributed by atoms with Crippen molar-refractivity contribution in [2.24, 2.45) is 29.6 Å². The molecular weight excluding hydrogens is 921 g/mol. The number of Topliss-reactive ketones (excluding diaryl/α,β-unsaturated/α-hetero) is 2. The van der Waals surface area contributed by atoms with Crippen LogP contribution in [-0.4, -0.2) is 127 Å². The van der Waals surface area contributed by atoms with Crippen LogP contribution in [0.1, 0.15) is 131 Å². The number of carboxylic acids is 1. The summed E-state index contributed by atoms with van der Waals surface area (Å²) in [4.78, 5) is 52.4. The number of amides is 1. The van der Waals surface area contributed by atoms with Crippen LogP contribution in [0.25, 0.3) is 0 Å². The molecular formula is C49H78INO12. The molecule has 0 radical (unpaired) electrons. The first-order valence-electron chi connectivity index (χ1n) is 23.2. The summed E-state index contributed by atoms with van der Waals surface area (Å²) in [6.07, 6.45) is 17.0. The number of hydrogen-bond donors (Lipinski definition) is 5. The molecule has 63 heavy (non-hydrogen) atoms. The molecule has 3 rings (SSSR count). The van der Waals surface area contributed by atoms with Crippen LogP contribution in [-0.2, 0) is 33.4 Å². The fraction of sp³-hybridized carbons (Fsp3) is 0.755. The number of aliphatic hydroxyl groups excluding tert-OH is 3. The number of aliphatic carboxylic acids is 1. The first-order chi connectivity index (χ1) is 29.7. The molecule has 5 N–H and O–H groups in total. The highest BCUT2D eigenvalue weighted by molar-refractivity contribution is 14.1. The maximum absolute atomic E-state index is 13.3. The van der Waals surface area contributed by atoms with Gasteiger partial charge >= 0.3 is 5.97 Å². The minimum absolute atomic E-state index is 0.0866. The van der Waals surface area contributed by atoms with Gasteiger partial charge in [0.05, 0.1) is 24.4 Å². The predicted molar refractivity (Wildman–Crippen MR) is 251 cm³/mol. The monoisotopic (exact) mass is 999 g/mol. The van der Waals surface area contributed by atoms with Crippen molar-refractivity contribution in [2.75, 3.05) is 20.8 Å². The number of piperidine rings is 1. The lowest BCUT2D eigenvalue weighted by Crippen LogP contribution is -2.60. The number of allylic oxidation sites excluding steroid dienone is 7. The van der Waals surface area contributed by atoms with Gasteiger partial charge in [-0.05, 0) is 121 Å². The lowest BCUT2D eigenvalue weighted by Gasteiger charge is -2.42. The van der Waals surface area contributed by atoms with E-state index in [0.29, 0.717) is 68.8 Å². The molecule has 0 aromatic heterocycles. The second-order valence-corrected chi connectivity index (χ2v) is 20.4. The maximum atomic E-state index is 13.3. The van der Waals surface area contributed by atoms with Crippen LogP contribution in [0.4, 0.5) is 0 Å². The highest BCUT2D eigenvalue weighted by Gasteiger charge is 2.52. The summed E-state index contributed by atoms with van der Waals surface area (Å²) in [5.41, 5.74) is 1.64. The molecule has 13 nitrogen and oxygen atoms in total. The SMILES string of the molecule is COC(C(O)/C(C)=C/[C@@H](C)C(=O)CCC(C)CC1CC[C@@H](O)C(OC)C1)C(O)C(C)CC(I)/C=C/C=C/C=C(\C)CC[C@@H]1CCC(C)C(O)(C(=O)C(=O)N2CCCCC2C(=O)O)O1. The van der Waals surface area contributed by atoms with Crippen LogP contribution in [0, 0.1) is 29.6 Å². The van der Waals surface area contributed by atoms with Gasteiger partial charge in [0.15, 0.2) is 0 Å². The van der Waals surface area contributed by atoms with E-state index >= 15 is 0 Å². The third kappa shape index (κ3) is 16.5. The molecule has 11 unspecified atom stereocenters. The summed E-state index contributed by atoms with van der Waals surface area (Å²) < 4.78 is 17.1. The van der Waals surface area contributed by atoms with E-state index in [9.17, 15) is 44.7 Å². The average molecular weight is 1000 g/mol. The minimum atomic E-state index is -2.30. The normalized spacial score (nSPS) is 29.8. The van der Waals surface area contributed by atoms with E-state index in [1.165, 1.54) is 7.11 Å². The third-order valence-electron chi connectivity index (χ3n) is 13.7. The molecule has 1 saturated carbocycles. The zero-order chi connectivity index (χ0) is 47.0. The van der Waals surface area contributed by atoms with Crippen molar-refractivity contribution in [2.45, 2.75) is 184 Å². The second-order valence-electron chi connectivity index (χ2n) is 18.8. The lowest BCUT2D eigenvalue weighted by atomic mass is 9.79. The fourth-order valence-corrected chi connectivity index (χ4v) is 10.4. The van der Waals surface area contributed by atoms with Crippen molar-refractivity contribution in [1.29, 1.82) is 0 Å². The lowest BCUT2D eigenvalue weighted by molar-refractivity contribution is -0.263. The Morgan fingerprint density at radius 2 is 1.68 bits per heavy atom. The van der Waals surface area contributed by atoms with E-state index in [1.54, 1.807) is 27.0 Å². The van der Waals surface area contributed by atoms with Crippen LogP contribution < -0.4 is 0 Å². The molecule has 3 fully saturated rings. The predicted octanol–water partition coefficient (Wildman–Crippen LogP) is 7.06. The number of likely N-dealkylation sites (tertiary alicyclic amines) is 1. The summed E-state index contributed by atoms with van der Waals surface area (Å²) in [6.45, 7) is 11.5. The van der Waals surface area contributed by atoms with Crippen molar-refractivity contribution >= 4 is 46.0 Å². The quantitative estimate of drug-likeness (QED) is 0.0217. The Morgan fingerprint density at radius 1 is 0.968 bits per heavy atom. The number of carbonyl (C=O) groups excluding carboxylic acids is 3. The number of ketones is 2. The molecule has 3 aliphatic rings. The second kappa shape index (κ2) is 26.7. The Hall–Kier alpha value is -2.31. The number of alkyl halides is 1. The number of halogens is 1. The van der Waals surface area contributed by atoms with Gasteiger partial charge in [0.1, 0.15) is 24.0 Å². The number of aliphatic hydroxyl groups is 4. The van der Waals surface area contributed by atoms with E-state index in [4.69, 9.17) is 14.2 Å². The van der Waals surface area contributed by atoms with Gasteiger partial charge < -0.3 is 44.6 Å². The Balaban J connectivity index is 1.43. The summed E-state index contributed by atoms with van der Waals surface area (Å²) in [7, 11) is 3.12. The number of hydrogen-bond acceptors (Lipinski definition) is 11. The molecule has 0 bridgehead atoms. The smallest absolute Gasteiger partial charge is 0.326 e. The molecule has 358 valence electrons. The molecule has 0 aromatic carbocycles. The largest absolute Gasteiger partial charge is 0.480 e. The van der Waals surface area contributed by atoms with Crippen molar-refractivity contribution in [1.82, 2.24) is 4.90 Å². The number of carboxylic acid groups (broad SMARTS) is 1. The molecule has 1 aliphatic carbocycles. The molecule has 2 saturated heterocycles. The first-order valence-corrected chi connectivity index (χ1v) is 24.4. The minimum Gasteiger partial charge on any atom is -0.480 e. The average Bonchev–Trinajstić information content (AvgIpc) is 3.25. The third-order valence-corrected chi connectivity index (χ3v) is 14.6. The van der Waals surface area contributed by atoms with Gasteiger partial charge in [-0.1, -0.05) is 92.3 Å². The zero-order valence-corrected chi connectivity index (χ0v) is 41.2. The maximum Gasteiger partial charge on any atom is 0.326 e. The molecule has 2 heterocycles. The molecule has 14 atom stereocenters. The first kappa shape index (κ1) is 55.0. The number of carbonyl (C=O) groups is 4. The van der Waals surface area contributed by atoms with E-state index in [1.807, 2.05) is 51.2 Å². The van der Waals surface area contributed by atoms with Crippen molar-refractivity contribution in [3.8, 4) is 0 Å². The summed E-state index contributed by atoms with van der Waals surface area (Å²) in [6, 6.07) is -1.09. The summed E-state index contributed by atoms with van der Waals surface area (Å²) in [5.74, 6) is -5.80. The molecule has 2 aliphatic heterocycles. The van der Waals surface area contributed by atoms with Crippen LogP contribution in [0.2, 0.25) is 0 Å². The Bertz CT molecular complexity index is 1610. The van der Waals surface area contributed by atoms with Gasteiger partial charge in [-0.25, -0.2) is 4.79 Å². The highest BCUT2D eigenvalue weighted by Crippen LogP contribution is 2.36. The van der Waals surface area contributed by atoms with E-state index in [2.05, 4.69) is 29.5 Å². The highest BCUT2D eigenvalue weighted by atomic mass is 127. The number of ether oxygens (including phenoxy) is 3.